The van der Waals surface area contributed by atoms with Gasteiger partial charge in [0.15, 0.2) is 18.1 Å². The molecule has 0 spiro atoms. The van der Waals surface area contributed by atoms with Crippen LogP contribution in [0, 0.1) is 0 Å². The van der Waals surface area contributed by atoms with E-state index in [9.17, 15) is 9.59 Å². The predicted molar refractivity (Wildman–Crippen MR) is 111 cm³/mol. The Morgan fingerprint density at radius 2 is 1.97 bits per heavy atom. The fourth-order valence-electron chi connectivity index (χ4n) is 2.80. The zero-order valence-corrected chi connectivity index (χ0v) is 16.1. The number of hydrogen-bond acceptors (Lipinski definition) is 6. The Morgan fingerprint density at radius 3 is 2.72 bits per heavy atom. The van der Waals surface area contributed by atoms with Crippen LogP contribution in [0.2, 0.25) is 0 Å². The molecule has 0 fully saturated rings. The predicted octanol–water partition coefficient (Wildman–Crippen LogP) is 2.55. The normalized spacial score (nSPS) is 11.5. The molecule has 0 aliphatic heterocycles. The molecular weight excluding hydrogens is 372 g/mol. The number of rotatable bonds is 8. The highest BCUT2D eigenvalue weighted by atomic mass is 16.5. The molecule has 4 N–H and O–H groups in total. The molecule has 2 aromatic carbocycles. The van der Waals surface area contributed by atoms with Gasteiger partial charge in [0.05, 0.1) is 18.3 Å². The molecule has 0 radical (unpaired) electrons. The summed E-state index contributed by atoms with van der Waals surface area (Å²) in [5.74, 6) is 0.000657. The van der Waals surface area contributed by atoms with Crippen molar-refractivity contribution in [3.8, 4) is 11.5 Å². The summed E-state index contributed by atoms with van der Waals surface area (Å²) in [6, 6.07) is 13.8. The molecule has 0 saturated carbocycles. The number of hydrogen-bond donors (Lipinski definition) is 3. The van der Waals surface area contributed by atoms with E-state index in [0.29, 0.717) is 22.9 Å². The quantitative estimate of drug-likeness (QED) is 0.541. The molecule has 8 nitrogen and oxygen atoms in total. The Kier molecular flexibility index (Phi) is 6.13. The second-order valence-corrected chi connectivity index (χ2v) is 6.35. The zero-order chi connectivity index (χ0) is 20.8. The van der Waals surface area contributed by atoms with Gasteiger partial charge in [0, 0.05) is 23.3 Å². The van der Waals surface area contributed by atoms with Gasteiger partial charge in [0.1, 0.15) is 6.04 Å². The number of amides is 2. The number of primary amides is 1. The van der Waals surface area contributed by atoms with Crippen molar-refractivity contribution in [1.29, 1.82) is 0 Å². The molecule has 2 amide bonds. The maximum atomic E-state index is 12.7. The number of carbonyl (C=O) groups excluding carboxylic acids is 2. The Bertz CT molecular complexity index is 1030. The second-order valence-electron chi connectivity index (χ2n) is 6.35. The number of anilines is 2. The fraction of sp³-hybridized carbons (Fsp3) is 0.190. The molecular formula is C21H22N4O4. The average Bonchev–Trinajstić information content (AvgIpc) is 2.72. The lowest BCUT2D eigenvalue weighted by Crippen LogP contribution is -2.32. The maximum absolute atomic E-state index is 12.7. The third-order valence-electron chi connectivity index (χ3n) is 4.21. The van der Waals surface area contributed by atoms with Crippen LogP contribution in [-0.2, 0) is 9.59 Å². The summed E-state index contributed by atoms with van der Waals surface area (Å²) in [6.07, 6.45) is 1.71. The van der Waals surface area contributed by atoms with Crippen molar-refractivity contribution in [2.24, 2.45) is 5.73 Å². The van der Waals surface area contributed by atoms with E-state index in [-0.39, 0.29) is 12.5 Å². The third-order valence-corrected chi connectivity index (χ3v) is 4.21. The van der Waals surface area contributed by atoms with E-state index in [1.54, 1.807) is 31.3 Å². The summed E-state index contributed by atoms with van der Waals surface area (Å²) in [5.41, 5.74) is 7.25. The second kappa shape index (κ2) is 8.92. The molecule has 3 rings (SSSR count). The summed E-state index contributed by atoms with van der Waals surface area (Å²) in [4.78, 5) is 27.9. The molecule has 0 saturated heterocycles. The van der Waals surface area contributed by atoms with Crippen molar-refractivity contribution in [1.82, 2.24) is 4.98 Å². The Balaban J connectivity index is 1.72. The number of nitrogens with one attached hydrogen (secondary N) is 2. The Hall–Kier alpha value is -3.81. The van der Waals surface area contributed by atoms with E-state index >= 15 is 0 Å². The summed E-state index contributed by atoms with van der Waals surface area (Å²) >= 11 is 0. The third kappa shape index (κ3) is 4.92. The van der Waals surface area contributed by atoms with Gasteiger partial charge in [-0.2, -0.15) is 0 Å². The van der Waals surface area contributed by atoms with Crippen molar-refractivity contribution >= 4 is 34.1 Å². The van der Waals surface area contributed by atoms with Gasteiger partial charge in [0.25, 0.3) is 5.91 Å². The van der Waals surface area contributed by atoms with E-state index in [1.165, 1.54) is 7.11 Å². The van der Waals surface area contributed by atoms with Gasteiger partial charge in [0.2, 0.25) is 5.91 Å². The molecule has 1 heterocycles. The van der Waals surface area contributed by atoms with Crippen LogP contribution in [-0.4, -0.2) is 36.6 Å². The first kappa shape index (κ1) is 19.9. The molecule has 1 unspecified atom stereocenters. The number of methoxy groups -OCH3 is 1. The first-order valence-electron chi connectivity index (χ1n) is 8.98. The molecule has 29 heavy (non-hydrogen) atoms. The first-order valence-corrected chi connectivity index (χ1v) is 8.98. The van der Waals surface area contributed by atoms with E-state index in [1.807, 2.05) is 30.3 Å². The first-order chi connectivity index (χ1) is 14.0. The Labute approximate surface area is 168 Å². The van der Waals surface area contributed by atoms with Crippen LogP contribution in [0.15, 0.2) is 54.7 Å². The van der Waals surface area contributed by atoms with Crippen molar-refractivity contribution in [2.45, 2.75) is 13.0 Å². The average molecular weight is 394 g/mol. The smallest absolute Gasteiger partial charge is 0.255 e. The lowest BCUT2D eigenvalue weighted by atomic mass is 10.1. The van der Waals surface area contributed by atoms with Crippen molar-refractivity contribution in [2.75, 3.05) is 24.4 Å². The van der Waals surface area contributed by atoms with Crippen LogP contribution in [0.3, 0.4) is 0 Å². The van der Waals surface area contributed by atoms with Crippen molar-refractivity contribution in [3.05, 3.63) is 54.7 Å². The number of nitrogens with two attached hydrogens (primary N) is 1. The van der Waals surface area contributed by atoms with Crippen LogP contribution < -0.4 is 25.8 Å². The summed E-state index contributed by atoms with van der Waals surface area (Å²) < 4.78 is 10.6. The summed E-state index contributed by atoms with van der Waals surface area (Å²) in [7, 11) is 1.49. The molecule has 1 atom stereocenters. The van der Waals surface area contributed by atoms with Gasteiger partial charge in [-0.3, -0.25) is 14.6 Å². The van der Waals surface area contributed by atoms with Crippen molar-refractivity contribution in [3.63, 3.8) is 0 Å². The SMILES string of the molecule is COc1ccc(NC(C)C(=O)Nc2cccc3ncccc23)cc1OCC(N)=O. The van der Waals surface area contributed by atoms with Gasteiger partial charge in [-0.05, 0) is 43.3 Å². The summed E-state index contributed by atoms with van der Waals surface area (Å²) in [6.45, 7) is 1.47. The van der Waals surface area contributed by atoms with E-state index < -0.39 is 11.9 Å². The highest BCUT2D eigenvalue weighted by Gasteiger charge is 2.16. The minimum atomic E-state index is -0.595. The Morgan fingerprint density at radius 1 is 1.14 bits per heavy atom. The van der Waals surface area contributed by atoms with Gasteiger partial charge < -0.3 is 25.8 Å². The standard InChI is InChI=1S/C21H22N4O4/c1-13(21(27)25-17-7-3-6-16-15(17)5-4-10-23-16)24-14-8-9-18(28-2)19(11-14)29-12-20(22)26/h3-11,13,24H,12H2,1-2H3,(H2,22,26)(H,25,27). The summed E-state index contributed by atoms with van der Waals surface area (Å²) in [5, 5.41) is 6.90. The highest BCUT2D eigenvalue weighted by molar-refractivity contribution is 6.03. The topological polar surface area (TPSA) is 116 Å². The number of aromatic nitrogens is 1. The number of nitrogens with zero attached hydrogens (tertiary/aromatic N) is 1. The minimum absolute atomic E-state index is 0.211. The van der Waals surface area contributed by atoms with Crippen LogP contribution in [0.5, 0.6) is 11.5 Å². The van der Waals surface area contributed by atoms with Crippen LogP contribution in [0.1, 0.15) is 6.92 Å². The monoisotopic (exact) mass is 394 g/mol. The largest absolute Gasteiger partial charge is 0.493 e. The molecule has 3 aromatic rings. The van der Waals surface area contributed by atoms with E-state index in [4.69, 9.17) is 15.2 Å². The maximum Gasteiger partial charge on any atom is 0.255 e. The number of fused-ring (bicyclic) bond motifs is 1. The molecule has 0 aliphatic carbocycles. The molecule has 1 aromatic heterocycles. The number of pyridine rings is 1. The van der Waals surface area contributed by atoms with Gasteiger partial charge >= 0.3 is 0 Å². The minimum Gasteiger partial charge on any atom is -0.493 e. The van der Waals surface area contributed by atoms with E-state index in [0.717, 1.165) is 10.9 Å². The van der Waals surface area contributed by atoms with Crippen LogP contribution in [0.25, 0.3) is 10.9 Å². The highest BCUT2D eigenvalue weighted by Crippen LogP contribution is 2.30. The van der Waals surface area contributed by atoms with Gasteiger partial charge in [-0.15, -0.1) is 0 Å². The zero-order valence-electron chi connectivity index (χ0n) is 16.1. The lowest BCUT2D eigenvalue weighted by molar-refractivity contribution is -0.120. The van der Waals surface area contributed by atoms with Crippen LogP contribution >= 0.6 is 0 Å². The van der Waals surface area contributed by atoms with Crippen LogP contribution in [0.4, 0.5) is 11.4 Å². The van der Waals surface area contributed by atoms with Gasteiger partial charge in [-0.25, -0.2) is 0 Å². The fourth-order valence-corrected chi connectivity index (χ4v) is 2.80. The number of ether oxygens (including phenoxy) is 2. The molecule has 150 valence electrons. The van der Waals surface area contributed by atoms with Gasteiger partial charge in [-0.1, -0.05) is 6.07 Å². The van der Waals surface area contributed by atoms with E-state index in [2.05, 4.69) is 15.6 Å². The number of benzene rings is 2. The molecule has 0 bridgehead atoms. The molecule has 0 aliphatic rings. The number of carbonyl (C=O) groups is 2. The molecule has 8 heteroatoms. The lowest BCUT2D eigenvalue weighted by Gasteiger charge is -2.17. The van der Waals surface area contributed by atoms with Crippen molar-refractivity contribution < 1.29 is 19.1 Å².